The zero-order valence-electron chi connectivity index (χ0n) is 22.4. The highest BCUT2D eigenvalue weighted by atomic mass is 31.2. The fraction of sp³-hybridized carbons (Fsp3) is 1.00. The molecule has 0 aliphatic rings. The minimum atomic E-state index is -0.939. The molecule has 1 unspecified atom stereocenters. The summed E-state index contributed by atoms with van der Waals surface area (Å²) in [5.41, 5.74) is 0. The van der Waals surface area contributed by atoms with Crippen molar-refractivity contribution < 1.29 is 14.2 Å². The average Bonchev–Trinajstić information content (AvgIpc) is 2.83. The van der Waals surface area contributed by atoms with Crippen LogP contribution in [0, 0.1) is 0 Å². The summed E-state index contributed by atoms with van der Waals surface area (Å²) in [5, 5.41) is 15.6. The fourth-order valence-corrected chi connectivity index (χ4v) is 5.01. The third-order valence-electron chi connectivity index (χ3n) is 5.97. The smallest absolute Gasteiger partial charge is 0.255 e. The van der Waals surface area contributed by atoms with Crippen molar-refractivity contribution in [2.24, 2.45) is 0 Å². The first kappa shape index (κ1) is 33.2. The van der Waals surface area contributed by atoms with Crippen LogP contribution in [0.3, 0.4) is 0 Å². The van der Waals surface area contributed by atoms with Crippen molar-refractivity contribution in [3.63, 3.8) is 0 Å². The lowest BCUT2D eigenvalue weighted by atomic mass is 10.1. The molecule has 5 nitrogen and oxygen atoms in total. The molecule has 0 aliphatic carbocycles. The molecular weight excluding hydrogens is 431 g/mol. The number of hydrogen-bond acceptors (Lipinski definition) is 5. The van der Waals surface area contributed by atoms with Crippen molar-refractivity contribution in [2.75, 3.05) is 39.5 Å². The molecule has 0 fully saturated rings. The molecule has 0 amide bonds. The van der Waals surface area contributed by atoms with Gasteiger partial charge in [-0.3, -0.25) is 5.09 Å². The quantitative estimate of drug-likeness (QED) is 0.0735. The third-order valence-corrected chi connectivity index (χ3v) is 7.29. The molecular formula is C27H59N2O3P. The Balaban J connectivity index is 3.83. The summed E-state index contributed by atoms with van der Waals surface area (Å²) >= 11 is 0. The lowest BCUT2D eigenvalue weighted by Crippen LogP contribution is -2.19. The summed E-state index contributed by atoms with van der Waals surface area (Å²) in [6, 6.07) is 0. The van der Waals surface area contributed by atoms with Crippen molar-refractivity contribution in [3.05, 3.63) is 0 Å². The van der Waals surface area contributed by atoms with E-state index >= 15 is 0 Å². The summed E-state index contributed by atoms with van der Waals surface area (Å²) in [4.78, 5) is 0. The van der Waals surface area contributed by atoms with E-state index in [1.54, 1.807) is 0 Å². The Hall–Kier alpha value is 0.230. The summed E-state index contributed by atoms with van der Waals surface area (Å²) < 4.78 is 12.2. The minimum absolute atomic E-state index is 0.231. The van der Waals surface area contributed by atoms with Gasteiger partial charge >= 0.3 is 0 Å². The number of nitrogens with one attached hydrogen (secondary N) is 2. The first-order valence-corrected chi connectivity index (χ1v) is 15.6. The summed E-state index contributed by atoms with van der Waals surface area (Å²) in [6.07, 6.45) is 24.6. The van der Waals surface area contributed by atoms with E-state index in [2.05, 4.69) is 24.3 Å². The molecule has 0 saturated carbocycles. The van der Waals surface area contributed by atoms with E-state index in [0.717, 1.165) is 39.1 Å². The second-order valence-corrected chi connectivity index (χ2v) is 10.7. The third kappa shape index (κ3) is 28.4. The lowest BCUT2D eigenvalue weighted by molar-refractivity contribution is 0.232. The monoisotopic (exact) mass is 490 g/mol. The Morgan fingerprint density at radius 2 is 0.939 bits per heavy atom. The molecule has 0 aromatic carbocycles. The van der Waals surface area contributed by atoms with E-state index in [4.69, 9.17) is 14.2 Å². The second-order valence-electron chi connectivity index (χ2n) is 9.32. The van der Waals surface area contributed by atoms with E-state index in [-0.39, 0.29) is 6.61 Å². The largest absolute Gasteiger partial charge is 0.395 e. The molecule has 0 spiro atoms. The van der Waals surface area contributed by atoms with E-state index in [1.165, 1.54) is 109 Å². The Morgan fingerprint density at radius 1 is 0.515 bits per heavy atom. The molecule has 33 heavy (non-hydrogen) atoms. The van der Waals surface area contributed by atoms with Crippen LogP contribution in [0.4, 0.5) is 0 Å². The summed E-state index contributed by atoms with van der Waals surface area (Å²) in [7, 11) is -0.939. The molecule has 0 aliphatic heterocycles. The predicted octanol–water partition coefficient (Wildman–Crippen LogP) is 7.87. The maximum absolute atomic E-state index is 8.76. The molecule has 0 heterocycles. The van der Waals surface area contributed by atoms with Gasteiger partial charge in [-0.2, -0.15) is 0 Å². The van der Waals surface area contributed by atoms with Crippen molar-refractivity contribution in [2.45, 2.75) is 136 Å². The van der Waals surface area contributed by atoms with Crippen LogP contribution in [0.25, 0.3) is 0 Å². The zero-order valence-corrected chi connectivity index (χ0v) is 23.3. The van der Waals surface area contributed by atoms with Gasteiger partial charge in [0.15, 0.2) is 0 Å². The Kier molecular flexibility index (Phi) is 30.5. The zero-order chi connectivity index (χ0) is 24.1. The van der Waals surface area contributed by atoms with Crippen LogP contribution in [0.1, 0.15) is 136 Å². The van der Waals surface area contributed by atoms with Gasteiger partial charge in [-0.15, -0.1) is 0 Å². The number of aliphatic hydroxyl groups is 1. The highest BCUT2D eigenvalue weighted by Gasteiger charge is 2.10. The van der Waals surface area contributed by atoms with Crippen LogP contribution in [0.2, 0.25) is 0 Å². The van der Waals surface area contributed by atoms with Crippen LogP contribution in [-0.2, 0) is 9.05 Å². The van der Waals surface area contributed by atoms with Gasteiger partial charge < -0.3 is 19.5 Å². The summed E-state index contributed by atoms with van der Waals surface area (Å²) in [6.45, 7) is 9.14. The van der Waals surface area contributed by atoms with Gasteiger partial charge in [0.1, 0.15) is 0 Å². The molecule has 1 atom stereocenters. The number of hydrogen-bond donors (Lipinski definition) is 3. The van der Waals surface area contributed by atoms with Crippen molar-refractivity contribution in [1.29, 1.82) is 0 Å². The first-order chi connectivity index (χ1) is 16.3. The number of aliphatic hydroxyl groups excluding tert-OH is 1. The lowest BCUT2D eigenvalue weighted by Gasteiger charge is -2.18. The predicted molar refractivity (Wildman–Crippen MR) is 146 cm³/mol. The first-order valence-electron chi connectivity index (χ1n) is 14.5. The van der Waals surface area contributed by atoms with Gasteiger partial charge in [0.2, 0.25) is 0 Å². The Labute approximate surface area is 208 Å². The van der Waals surface area contributed by atoms with Crippen LogP contribution >= 0.6 is 8.53 Å². The summed E-state index contributed by atoms with van der Waals surface area (Å²) in [5.74, 6) is 0. The topological polar surface area (TPSA) is 62.8 Å². The number of rotatable bonds is 29. The average molecular weight is 491 g/mol. The van der Waals surface area contributed by atoms with Crippen molar-refractivity contribution in [1.82, 2.24) is 10.4 Å². The van der Waals surface area contributed by atoms with Crippen LogP contribution < -0.4 is 10.4 Å². The van der Waals surface area contributed by atoms with E-state index in [0.29, 0.717) is 6.54 Å². The van der Waals surface area contributed by atoms with Crippen molar-refractivity contribution >= 4 is 8.53 Å². The molecule has 0 aromatic heterocycles. The molecule has 0 aromatic rings. The molecule has 6 heteroatoms. The molecule has 0 saturated heterocycles. The molecule has 0 radical (unpaired) electrons. The van der Waals surface area contributed by atoms with Gasteiger partial charge in [0.25, 0.3) is 8.53 Å². The maximum Gasteiger partial charge on any atom is 0.255 e. The molecule has 200 valence electrons. The van der Waals surface area contributed by atoms with E-state index in [9.17, 15) is 0 Å². The molecule has 0 bridgehead atoms. The standard InChI is InChI=1S/C27H59N2O3P/c1-3-5-7-9-11-15-19-23-29-33(31-26-20-16-12-10-8-6-4-2)32-27-21-17-13-14-18-22-28-24-25-30/h28-30H,3-27H2,1-2H3. The van der Waals surface area contributed by atoms with Crippen LogP contribution in [0.15, 0.2) is 0 Å². The molecule has 0 rings (SSSR count). The normalized spacial score (nSPS) is 12.5. The van der Waals surface area contributed by atoms with Gasteiger partial charge in [-0.25, -0.2) is 0 Å². The maximum atomic E-state index is 8.76. The fourth-order valence-electron chi connectivity index (χ4n) is 3.82. The van der Waals surface area contributed by atoms with Gasteiger partial charge in [-0.1, -0.05) is 110 Å². The Morgan fingerprint density at radius 3 is 1.42 bits per heavy atom. The minimum Gasteiger partial charge on any atom is -0.395 e. The van der Waals surface area contributed by atoms with Crippen LogP contribution in [-0.4, -0.2) is 44.6 Å². The number of unbranched alkanes of at least 4 members (excludes halogenated alkanes) is 16. The van der Waals surface area contributed by atoms with Crippen molar-refractivity contribution in [3.8, 4) is 0 Å². The second kappa shape index (κ2) is 30.3. The highest BCUT2D eigenvalue weighted by molar-refractivity contribution is 7.44. The van der Waals surface area contributed by atoms with Gasteiger partial charge in [0, 0.05) is 13.1 Å². The Bertz CT molecular complexity index is 331. The molecule has 3 N–H and O–H groups in total. The highest BCUT2D eigenvalue weighted by Crippen LogP contribution is 2.34. The van der Waals surface area contributed by atoms with Gasteiger partial charge in [-0.05, 0) is 32.2 Å². The SMILES string of the molecule is CCCCCCCCCNP(OCCCCCCCCC)OCCCCCCCNCCO. The van der Waals surface area contributed by atoms with Crippen LogP contribution in [0.5, 0.6) is 0 Å². The van der Waals surface area contributed by atoms with Gasteiger partial charge in [0.05, 0.1) is 19.8 Å². The van der Waals surface area contributed by atoms with E-state index < -0.39 is 8.53 Å². The van der Waals surface area contributed by atoms with E-state index in [1.807, 2.05) is 0 Å².